The van der Waals surface area contributed by atoms with Crippen LogP contribution >= 0.6 is 15.9 Å². The molecule has 0 N–H and O–H groups in total. The lowest BCUT2D eigenvalue weighted by Gasteiger charge is -2.23. The molecule has 1 aromatic carbocycles. The average molecular weight is 273 g/mol. The normalized spacial score (nSPS) is 17.7. The SMILES string of the molecule is Fc1ccc(OC2CCCCC2)c(Br)c1. The molecule has 0 radical (unpaired) electrons. The van der Waals surface area contributed by atoms with Crippen LogP contribution in [0.5, 0.6) is 5.75 Å². The molecule has 0 amide bonds. The number of ether oxygens (including phenoxy) is 1. The molecule has 0 aliphatic heterocycles. The lowest BCUT2D eigenvalue weighted by molar-refractivity contribution is 0.154. The van der Waals surface area contributed by atoms with E-state index in [1.165, 1.54) is 31.4 Å². The summed E-state index contributed by atoms with van der Waals surface area (Å²) in [6, 6.07) is 4.56. The highest BCUT2D eigenvalue weighted by Gasteiger charge is 2.15. The average Bonchev–Trinajstić information content (AvgIpc) is 2.24. The van der Waals surface area contributed by atoms with Crippen molar-refractivity contribution < 1.29 is 9.13 Å². The highest BCUT2D eigenvalue weighted by atomic mass is 79.9. The summed E-state index contributed by atoms with van der Waals surface area (Å²) < 4.78 is 19.4. The third kappa shape index (κ3) is 2.94. The van der Waals surface area contributed by atoms with Crippen LogP contribution in [0.4, 0.5) is 4.39 Å². The van der Waals surface area contributed by atoms with E-state index in [-0.39, 0.29) is 5.82 Å². The summed E-state index contributed by atoms with van der Waals surface area (Å²) >= 11 is 3.31. The van der Waals surface area contributed by atoms with Crippen molar-refractivity contribution in [2.45, 2.75) is 38.2 Å². The van der Waals surface area contributed by atoms with Crippen LogP contribution in [0.25, 0.3) is 0 Å². The van der Waals surface area contributed by atoms with Crippen molar-refractivity contribution in [2.75, 3.05) is 0 Å². The van der Waals surface area contributed by atoms with Crippen molar-refractivity contribution in [3.05, 3.63) is 28.5 Å². The van der Waals surface area contributed by atoms with Crippen LogP contribution in [0.1, 0.15) is 32.1 Å². The van der Waals surface area contributed by atoms with Gasteiger partial charge in [0, 0.05) is 0 Å². The van der Waals surface area contributed by atoms with Gasteiger partial charge < -0.3 is 4.74 Å². The summed E-state index contributed by atoms with van der Waals surface area (Å²) in [4.78, 5) is 0. The Morgan fingerprint density at radius 3 is 2.60 bits per heavy atom. The van der Waals surface area contributed by atoms with Crippen LogP contribution < -0.4 is 4.74 Å². The predicted molar refractivity (Wildman–Crippen MR) is 61.6 cm³/mol. The maximum absolute atomic E-state index is 12.8. The molecule has 1 aliphatic carbocycles. The highest BCUT2D eigenvalue weighted by molar-refractivity contribution is 9.10. The van der Waals surface area contributed by atoms with Crippen molar-refractivity contribution >= 4 is 15.9 Å². The van der Waals surface area contributed by atoms with Crippen LogP contribution in [0.2, 0.25) is 0 Å². The van der Waals surface area contributed by atoms with Crippen molar-refractivity contribution in [3.8, 4) is 5.75 Å². The second-order valence-corrected chi connectivity index (χ2v) is 4.81. The van der Waals surface area contributed by atoms with Gasteiger partial charge in [-0.3, -0.25) is 0 Å². The number of halogens is 2. The molecular formula is C12H14BrFO. The van der Waals surface area contributed by atoms with Crippen molar-refractivity contribution in [1.29, 1.82) is 0 Å². The molecule has 1 aromatic rings. The lowest BCUT2D eigenvalue weighted by atomic mass is 9.98. The molecule has 0 spiro atoms. The van der Waals surface area contributed by atoms with Gasteiger partial charge in [-0.05, 0) is 59.8 Å². The molecule has 0 bridgehead atoms. The number of hydrogen-bond acceptors (Lipinski definition) is 1. The zero-order valence-electron chi connectivity index (χ0n) is 8.51. The van der Waals surface area contributed by atoms with E-state index in [4.69, 9.17) is 4.74 Å². The van der Waals surface area contributed by atoms with Gasteiger partial charge in [0.15, 0.2) is 0 Å². The summed E-state index contributed by atoms with van der Waals surface area (Å²) in [6.07, 6.45) is 6.32. The van der Waals surface area contributed by atoms with Crippen molar-refractivity contribution in [3.63, 3.8) is 0 Å². The second kappa shape index (κ2) is 4.97. The smallest absolute Gasteiger partial charge is 0.134 e. The molecule has 0 atom stereocenters. The maximum Gasteiger partial charge on any atom is 0.134 e. The van der Waals surface area contributed by atoms with Crippen LogP contribution in [0.3, 0.4) is 0 Å². The fourth-order valence-electron chi connectivity index (χ4n) is 1.93. The minimum absolute atomic E-state index is 0.238. The highest BCUT2D eigenvalue weighted by Crippen LogP contribution is 2.29. The fourth-order valence-corrected chi connectivity index (χ4v) is 2.38. The molecule has 2 rings (SSSR count). The molecule has 82 valence electrons. The summed E-state index contributed by atoms with van der Waals surface area (Å²) in [7, 11) is 0. The molecule has 1 fully saturated rings. The Balaban J connectivity index is 2.03. The summed E-state index contributed by atoms with van der Waals surface area (Å²) in [6.45, 7) is 0. The van der Waals surface area contributed by atoms with Gasteiger partial charge in [-0.1, -0.05) is 6.42 Å². The first-order valence-electron chi connectivity index (χ1n) is 5.37. The minimum atomic E-state index is -0.238. The summed E-state index contributed by atoms with van der Waals surface area (Å²) in [5.41, 5.74) is 0. The van der Waals surface area contributed by atoms with E-state index >= 15 is 0 Å². The Hall–Kier alpha value is -0.570. The first-order chi connectivity index (χ1) is 7.25. The van der Waals surface area contributed by atoms with Crippen LogP contribution in [-0.2, 0) is 0 Å². The molecule has 1 saturated carbocycles. The largest absolute Gasteiger partial charge is 0.489 e. The van der Waals surface area contributed by atoms with Gasteiger partial charge in [0.25, 0.3) is 0 Å². The van der Waals surface area contributed by atoms with Gasteiger partial charge in [-0.25, -0.2) is 4.39 Å². The van der Waals surface area contributed by atoms with Gasteiger partial charge in [0.05, 0.1) is 10.6 Å². The van der Waals surface area contributed by atoms with Gasteiger partial charge in [-0.2, -0.15) is 0 Å². The van der Waals surface area contributed by atoms with E-state index in [0.29, 0.717) is 10.6 Å². The third-order valence-electron chi connectivity index (χ3n) is 2.74. The van der Waals surface area contributed by atoms with Crippen molar-refractivity contribution in [1.82, 2.24) is 0 Å². The lowest BCUT2D eigenvalue weighted by Crippen LogP contribution is -2.19. The summed E-state index contributed by atoms with van der Waals surface area (Å²) in [5, 5.41) is 0. The third-order valence-corrected chi connectivity index (χ3v) is 3.36. The van der Waals surface area contributed by atoms with Crippen LogP contribution in [-0.4, -0.2) is 6.10 Å². The number of benzene rings is 1. The predicted octanol–water partition coefficient (Wildman–Crippen LogP) is 4.30. The molecule has 0 unspecified atom stereocenters. The molecule has 3 heteroatoms. The topological polar surface area (TPSA) is 9.23 Å². The standard InChI is InChI=1S/C12H14BrFO/c13-11-8-9(14)6-7-12(11)15-10-4-2-1-3-5-10/h6-8,10H,1-5H2. The first kappa shape index (κ1) is 10.9. The minimum Gasteiger partial charge on any atom is -0.489 e. The summed E-state index contributed by atoms with van der Waals surface area (Å²) in [5.74, 6) is 0.515. The monoisotopic (exact) mass is 272 g/mol. The Morgan fingerprint density at radius 2 is 1.93 bits per heavy atom. The molecule has 0 saturated heterocycles. The van der Waals surface area contributed by atoms with E-state index in [1.54, 1.807) is 6.07 Å². The van der Waals surface area contributed by atoms with Gasteiger partial charge in [0.2, 0.25) is 0 Å². The molecule has 0 aromatic heterocycles. The Kier molecular flexibility index (Phi) is 3.62. The van der Waals surface area contributed by atoms with Gasteiger partial charge >= 0.3 is 0 Å². The quantitative estimate of drug-likeness (QED) is 0.780. The van der Waals surface area contributed by atoms with Crippen molar-refractivity contribution in [2.24, 2.45) is 0 Å². The fraction of sp³-hybridized carbons (Fsp3) is 0.500. The molecule has 1 aliphatic rings. The second-order valence-electron chi connectivity index (χ2n) is 3.95. The van der Waals surface area contributed by atoms with E-state index in [2.05, 4.69) is 15.9 Å². The number of rotatable bonds is 2. The maximum atomic E-state index is 12.8. The van der Waals surface area contributed by atoms with Crippen LogP contribution in [0, 0.1) is 5.82 Å². The Bertz CT molecular complexity index is 334. The van der Waals surface area contributed by atoms with E-state index < -0.39 is 0 Å². The molecule has 15 heavy (non-hydrogen) atoms. The van der Waals surface area contributed by atoms with Gasteiger partial charge in [-0.15, -0.1) is 0 Å². The van der Waals surface area contributed by atoms with E-state index in [9.17, 15) is 4.39 Å². The molecule has 1 nitrogen and oxygen atoms in total. The zero-order chi connectivity index (χ0) is 10.7. The van der Waals surface area contributed by atoms with E-state index in [0.717, 1.165) is 18.6 Å². The van der Waals surface area contributed by atoms with Gasteiger partial charge in [0.1, 0.15) is 11.6 Å². The van der Waals surface area contributed by atoms with E-state index in [1.807, 2.05) is 0 Å². The first-order valence-corrected chi connectivity index (χ1v) is 6.17. The Morgan fingerprint density at radius 1 is 1.20 bits per heavy atom. The number of hydrogen-bond donors (Lipinski definition) is 0. The van der Waals surface area contributed by atoms with Crippen LogP contribution in [0.15, 0.2) is 22.7 Å². The Labute approximate surface area is 97.8 Å². The zero-order valence-corrected chi connectivity index (χ0v) is 10.1. The molecular weight excluding hydrogens is 259 g/mol. The molecule has 0 heterocycles.